The van der Waals surface area contributed by atoms with Gasteiger partial charge in [-0.25, -0.2) is 4.39 Å². The van der Waals surface area contributed by atoms with Crippen molar-refractivity contribution >= 4 is 31.9 Å². The average Bonchev–Trinajstić information content (AvgIpc) is 2.73. The molecule has 0 atom stereocenters. The lowest BCUT2D eigenvalue weighted by atomic mass is 9.82. The van der Waals surface area contributed by atoms with E-state index in [1.807, 2.05) is 12.1 Å². The summed E-state index contributed by atoms with van der Waals surface area (Å²) < 4.78 is 13.7. The first-order valence-corrected chi connectivity index (χ1v) is 7.57. The minimum absolute atomic E-state index is 0.178. The van der Waals surface area contributed by atoms with Gasteiger partial charge in [0.2, 0.25) is 0 Å². The molecule has 1 fully saturated rings. The summed E-state index contributed by atoms with van der Waals surface area (Å²) in [6, 6.07) is 5.37. The first-order valence-electron chi connectivity index (χ1n) is 5.65. The van der Waals surface area contributed by atoms with E-state index in [1.165, 1.54) is 31.2 Å². The first kappa shape index (κ1) is 12.6. The second kappa shape index (κ2) is 5.18. The van der Waals surface area contributed by atoms with Crippen LogP contribution < -0.4 is 0 Å². The highest BCUT2D eigenvalue weighted by Gasteiger charge is 2.32. The van der Waals surface area contributed by atoms with Crippen LogP contribution in [-0.4, -0.2) is 5.33 Å². The Balaban J connectivity index is 2.16. The molecule has 1 aliphatic carbocycles. The number of rotatable bonds is 3. The van der Waals surface area contributed by atoms with Crippen molar-refractivity contribution in [3.8, 4) is 0 Å². The molecule has 3 heteroatoms. The topological polar surface area (TPSA) is 0 Å². The maximum Gasteiger partial charge on any atom is 0.137 e. The highest BCUT2D eigenvalue weighted by Crippen LogP contribution is 2.42. The van der Waals surface area contributed by atoms with Crippen LogP contribution >= 0.6 is 31.9 Å². The predicted molar refractivity (Wildman–Crippen MR) is 72.5 cm³/mol. The second-order valence-electron chi connectivity index (χ2n) is 4.77. The molecule has 0 aromatic heterocycles. The summed E-state index contributed by atoms with van der Waals surface area (Å²) in [7, 11) is 0. The number of hydrogen-bond donors (Lipinski definition) is 0. The molecule has 16 heavy (non-hydrogen) atoms. The molecule has 1 saturated carbocycles. The third-order valence-electron chi connectivity index (χ3n) is 3.51. The summed E-state index contributed by atoms with van der Waals surface area (Å²) >= 11 is 6.89. The van der Waals surface area contributed by atoms with Gasteiger partial charge in [-0.3, -0.25) is 0 Å². The molecular weight excluding hydrogens is 335 g/mol. The van der Waals surface area contributed by atoms with Crippen LogP contribution in [0, 0.1) is 11.2 Å². The maximum absolute atomic E-state index is 13.1. The summed E-state index contributed by atoms with van der Waals surface area (Å²) in [6.07, 6.45) is 6.28. The van der Waals surface area contributed by atoms with Crippen LogP contribution in [-0.2, 0) is 6.42 Å². The van der Waals surface area contributed by atoms with Gasteiger partial charge in [-0.05, 0) is 58.3 Å². The van der Waals surface area contributed by atoms with E-state index in [0.717, 1.165) is 11.8 Å². The minimum Gasteiger partial charge on any atom is -0.206 e. The van der Waals surface area contributed by atoms with Gasteiger partial charge in [0.15, 0.2) is 0 Å². The third-order valence-corrected chi connectivity index (χ3v) is 5.31. The van der Waals surface area contributed by atoms with E-state index in [1.54, 1.807) is 6.07 Å². The lowest BCUT2D eigenvalue weighted by Crippen LogP contribution is -2.21. The van der Waals surface area contributed by atoms with Crippen molar-refractivity contribution in [1.82, 2.24) is 0 Å². The molecule has 0 nitrogen and oxygen atoms in total. The molecule has 0 heterocycles. The van der Waals surface area contributed by atoms with Crippen molar-refractivity contribution in [2.24, 2.45) is 5.41 Å². The van der Waals surface area contributed by atoms with Crippen molar-refractivity contribution < 1.29 is 4.39 Å². The van der Waals surface area contributed by atoms with Crippen molar-refractivity contribution in [3.63, 3.8) is 0 Å². The molecule has 0 amide bonds. The van der Waals surface area contributed by atoms with Crippen LogP contribution in [0.5, 0.6) is 0 Å². The van der Waals surface area contributed by atoms with Gasteiger partial charge in [0.1, 0.15) is 5.82 Å². The second-order valence-corrected chi connectivity index (χ2v) is 6.18. The van der Waals surface area contributed by atoms with Crippen LogP contribution in [0.15, 0.2) is 22.7 Å². The predicted octanol–water partition coefficient (Wildman–Crippen LogP) is 5.09. The summed E-state index contributed by atoms with van der Waals surface area (Å²) in [4.78, 5) is 0. The van der Waals surface area contributed by atoms with Gasteiger partial charge in [-0.1, -0.05) is 34.8 Å². The molecular formula is C13H15Br2F. The number of halogens is 3. The van der Waals surface area contributed by atoms with Crippen molar-refractivity contribution in [3.05, 3.63) is 34.1 Å². The van der Waals surface area contributed by atoms with Gasteiger partial charge >= 0.3 is 0 Å². The molecule has 0 spiro atoms. The summed E-state index contributed by atoms with van der Waals surface area (Å²) in [5.74, 6) is -0.178. The Labute approximate surface area is 113 Å². The average molecular weight is 350 g/mol. The molecule has 0 bridgehead atoms. The number of benzene rings is 1. The SMILES string of the molecule is Fc1ccc(CC2(CBr)CCCC2)cc1Br. The fourth-order valence-corrected chi connectivity index (χ4v) is 3.75. The van der Waals surface area contributed by atoms with Crippen LogP contribution in [0.3, 0.4) is 0 Å². The van der Waals surface area contributed by atoms with E-state index < -0.39 is 0 Å². The summed E-state index contributed by atoms with van der Waals surface area (Å²) in [5, 5.41) is 1.05. The van der Waals surface area contributed by atoms with E-state index in [0.29, 0.717) is 9.89 Å². The normalized spacial score (nSPS) is 18.9. The molecule has 0 radical (unpaired) electrons. The van der Waals surface area contributed by atoms with Crippen LogP contribution in [0.2, 0.25) is 0 Å². The molecule has 0 unspecified atom stereocenters. The molecule has 2 rings (SSSR count). The zero-order valence-corrected chi connectivity index (χ0v) is 12.3. The Kier molecular flexibility index (Phi) is 4.06. The third kappa shape index (κ3) is 2.67. The number of alkyl halides is 1. The molecule has 1 aliphatic rings. The molecule has 1 aromatic rings. The Hall–Kier alpha value is 0.110. The largest absolute Gasteiger partial charge is 0.206 e. The highest BCUT2D eigenvalue weighted by atomic mass is 79.9. The Morgan fingerprint density at radius 1 is 1.25 bits per heavy atom. The lowest BCUT2D eigenvalue weighted by Gasteiger charge is -2.26. The highest BCUT2D eigenvalue weighted by molar-refractivity contribution is 9.10. The smallest absolute Gasteiger partial charge is 0.137 e. The Morgan fingerprint density at radius 2 is 1.94 bits per heavy atom. The van der Waals surface area contributed by atoms with Crippen molar-refractivity contribution in [2.45, 2.75) is 32.1 Å². The van der Waals surface area contributed by atoms with Crippen LogP contribution in [0.4, 0.5) is 4.39 Å². The standard InChI is InChI=1S/C13H15Br2F/c14-9-13(5-1-2-6-13)8-10-3-4-12(16)11(15)7-10/h3-4,7H,1-2,5-6,8-9H2. The zero-order chi connectivity index (χ0) is 11.6. The maximum atomic E-state index is 13.1. The molecule has 0 N–H and O–H groups in total. The van der Waals surface area contributed by atoms with E-state index in [9.17, 15) is 4.39 Å². The van der Waals surface area contributed by atoms with Gasteiger partial charge in [0.05, 0.1) is 4.47 Å². The lowest BCUT2D eigenvalue weighted by molar-refractivity contribution is 0.346. The van der Waals surface area contributed by atoms with Crippen LogP contribution in [0.25, 0.3) is 0 Å². The molecule has 0 aliphatic heterocycles. The van der Waals surface area contributed by atoms with Gasteiger partial charge in [-0.2, -0.15) is 0 Å². The summed E-state index contributed by atoms with van der Waals surface area (Å²) in [5.41, 5.74) is 1.63. The molecule has 1 aromatic carbocycles. The van der Waals surface area contributed by atoms with Gasteiger partial charge in [0, 0.05) is 5.33 Å². The molecule has 0 saturated heterocycles. The Bertz CT molecular complexity index is 370. The van der Waals surface area contributed by atoms with Crippen molar-refractivity contribution in [2.75, 3.05) is 5.33 Å². The van der Waals surface area contributed by atoms with E-state index >= 15 is 0 Å². The van der Waals surface area contributed by atoms with Gasteiger partial charge in [0.25, 0.3) is 0 Å². The number of hydrogen-bond acceptors (Lipinski definition) is 0. The van der Waals surface area contributed by atoms with Gasteiger partial charge in [-0.15, -0.1) is 0 Å². The van der Waals surface area contributed by atoms with E-state index in [2.05, 4.69) is 31.9 Å². The zero-order valence-electron chi connectivity index (χ0n) is 9.11. The van der Waals surface area contributed by atoms with Crippen LogP contribution in [0.1, 0.15) is 31.2 Å². The Morgan fingerprint density at radius 3 is 2.50 bits per heavy atom. The summed E-state index contributed by atoms with van der Waals surface area (Å²) in [6.45, 7) is 0. The van der Waals surface area contributed by atoms with Crippen molar-refractivity contribution in [1.29, 1.82) is 0 Å². The van der Waals surface area contributed by atoms with Gasteiger partial charge < -0.3 is 0 Å². The monoisotopic (exact) mass is 348 g/mol. The fraction of sp³-hybridized carbons (Fsp3) is 0.538. The minimum atomic E-state index is -0.178. The van der Waals surface area contributed by atoms with E-state index in [-0.39, 0.29) is 5.82 Å². The molecule has 88 valence electrons. The van der Waals surface area contributed by atoms with E-state index in [4.69, 9.17) is 0 Å². The fourth-order valence-electron chi connectivity index (χ4n) is 2.57. The quantitative estimate of drug-likeness (QED) is 0.667. The first-order chi connectivity index (χ1) is 7.65.